The van der Waals surface area contributed by atoms with E-state index in [1.54, 1.807) is 11.0 Å². The predicted molar refractivity (Wildman–Crippen MR) is 69.2 cm³/mol. The molecule has 96 valence electrons. The van der Waals surface area contributed by atoms with Gasteiger partial charge in [0.1, 0.15) is 0 Å². The first kappa shape index (κ1) is 12.4. The molecule has 0 aromatic heterocycles. The van der Waals surface area contributed by atoms with E-state index in [4.69, 9.17) is 5.73 Å². The molecule has 1 heterocycles. The number of piperazine rings is 1. The van der Waals surface area contributed by atoms with Crippen LogP contribution in [0.5, 0.6) is 0 Å². The van der Waals surface area contributed by atoms with E-state index in [0.29, 0.717) is 24.3 Å². The Labute approximate surface area is 106 Å². The second-order valence-electron chi connectivity index (χ2n) is 4.60. The van der Waals surface area contributed by atoms with Crippen LogP contribution < -0.4 is 11.1 Å². The molecule has 0 spiro atoms. The molecular weight excluding hydrogens is 230 g/mol. The van der Waals surface area contributed by atoms with Crippen molar-refractivity contribution in [3.8, 4) is 0 Å². The van der Waals surface area contributed by atoms with Gasteiger partial charge in [-0.25, -0.2) is 0 Å². The van der Waals surface area contributed by atoms with Crippen LogP contribution in [-0.4, -0.2) is 36.3 Å². The molecule has 3 N–H and O–H groups in total. The van der Waals surface area contributed by atoms with Crippen molar-refractivity contribution >= 4 is 17.5 Å². The van der Waals surface area contributed by atoms with E-state index in [1.165, 1.54) is 0 Å². The third-order valence-corrected chi connectivity index (χ3v) is 3.17. The highest BCUT2D eigenvalue weighted by Crippen LogP contribution is 2.19. The van der Waals surface area contributed by atoms with E-state index in [9.17, 15) is 9.59 Å². The molecule has 0 saturated carbocycles. The van der Waals surface area contributed by atoms with E-state index in [0.717, 1.165) is 11.1 Å². The Hall–Kier alpha value is -2.04. The summed E-state index contributed by atoms with van der Waals surface area (Å²) in [6.45, 7) is 4.95. The molecule has 1 aliphatic heterocycles. The third kappa shape index (κ3) is 2.30. The number of nitrogen functional groups attached to an aromatic ring is 1. The van der Waals surface area contributed by atoms with Crippen LogP contribution in [0.25, 0.3) is 0 Å². The highest BCUT2D eigenvalue weighted by Gasteiger charge is 2.23. The zero-order valence-corrected chi connectivity index (χ0v) is 10.6. The van der Waals surface area contributed by atoms with Gasteiger partial charge in [-0.1, -0.05) is 6.07 Å². The Morgan fingerprint density at radius 3 is 2.72 bits per heavy atom. The molecule has 2 rings (SSSR count). The van der Waals surface area contributed by atoms with Crippen molar-refractivity contribution < 1.29 is 9.59 Å². The van der Waals surface area contributed by atoms with Crippen molar-refractivity contribution in [3.63, 3.8) is 0 Å². The second-order valence-corrected chi connectivity index (χ2v) is 4.60. The number of hydrogen-bond acceptors (Lipinski definition) is 3. The van der Waals surface area contributed by atoms with Gasteiger partial charge >= 0.3 is 0 Å². The zero-order chi connectivity index (χ0) is 13.3. The van der Waals surface area contributed by atoms with Crippen molar-refractivity contribution in [1.29, 1.82) is 0 Å². The summed E-state index contributed by atoms with van der Waals surface area (Å²) in [7, 11) is 0. The Kier molecular flexibility index (Phi) is 3.23. The minimum absolute atomic E-state index is 0.117. The van der Waals surface area contributed by atoms with Gasteiger partial charge in [0.05, 0.1) is 6.54 Å². The molecule has 0 bridgehead atoms. The topological polar surface area (TPSA) is 75.4 Å². The van der Waals surface area contributed by atoms with Crippen molar-refractivity contribution in [2.75, 3.05) is 25.4 Å². The minimum Gasteiger partial charge on any atom is -0.398 e. The summed E-state index contributed by atoms with van der Waals surface area (Å²) in [6.07, 6.45) is 0. The summed E-state index contributed by atoms with van der Waals surface area (Å²) in [4.78, 5) is 25.2. The second kappa shape index (κ2) is 4.68. The maximum atomic E-state index is 12.3. The monoisotopic (exact) mass is 247 g/mol. The first-order valence-electron chi connectivity index (χ1n) is 5.91. The van der Waals surface area contributed by atoms with Crippen LogP contribution in [0.1, 0.15) is 21.5 Å². The molecule has 0 aliphatic carbocycles. The van der Waals surface area contributed by atoms with E-state index in [2.05, 4.69) is 5.32 Å². The predicted octanol–water partition coefficient (Wildman–Crippen LogP) is 0.458. The molecule has 1 aromatic rings. The number of nitrogens with zero attached hydrogens (tertiary/aromatic N) is 1. The highest BCUT2D eigenvalue weighted by atomic mass is 16.2. The molecule has 0 unspecified atom stereocenters. The number of benzene rings is 1. The number of carbonyl (C=O) groups is 2. The first-order valence-corrected chi connectivity index (χ1v) is 5.91. The molecule has 0 atom stereocenters. The molecule has 1 aliphatic rings. The quantitative estimate of drug-likeness (QED) is 0.708. The smallest absolute Gasteiger partial charge is 0.254 e. The Bertz CT molecular complexity index is 511. The van der Waals surface area contributed by atoms with Gasteiger partial charge in [0.25, 0.3) is 5.91 Å². The number of hydrogen-bond donors (Lipinski definition) is 2. The lowest BCUT2D eigenvalue weighted by atomic mass is 10.0. The van der Waals surface area contributed by atoms with Crippen molar-refractivity contribution in [1.82, 2.24) is 10.2 Å². The molecule has 2 amide bonds. The summed E-state index contributed by atoms with van der Waals surface area (Å²) in [5.41, 5.74) is 8.86. The van der Waals surface area contributed by atoms with Crippen LogP contribution in [-0.2, 0) is 4.79 Å². The first-order chi connectivity index (χ1) is 8.49. The van der Waals surface area contributed by atoms with Crippen LogP contribution >= 0.6 is 0 Å². The van der Waals surface area contributed by atoms with E-state index in [1.807, 2.05) is 19.9 Å². The lowest BCUT2D eigenvalue weighted by molar-refractivity contribution is -0.123. The Morgan fingerprint density at radius 2 is 2.06 bits per heavy atom. The van der Waals surface area contributed by atoms with Gasteiger partial charge in [0.15, 0.2) is 0 Å². The Balaban J connectivity index is 2.28. The molecule has 1 aromatic carbocycles. The molecule has 1 fully saturated rings. The van der Waals surface area contributed by atoms with Crippen molar-refractivity contribution in [3.05, 3.63) is 28.8 Å². The number of nitrogens with two attached hydrogens (primary N) is 1. The average molecular weight is 247 g/mol. The number of aryl methyl sites for hydroxylation is 2. The minimum atomic E-state index is -0.131. The van der Waals surface area contributed by atoms with Gasteiger partial charge in [0, 0.05) is 24.3 Å². The van der Waals surface area contributed by atoms with Crippen LogP contribution in [0.2, 0.25) is 0 Å². The maximum Gasteiger partial charge on any atom is 0.254 e. The fourth-order valence-electron chi connectivity index (χ4n) is 2.08. The van der Waals surface area contributed by atoms with Gasteiger partial charge in [-0.05, 0) is 31.0 Å². The molecule has 5 heteroatoms. The molecular formula is C13H17N3O2. The summed E-state index contributed by atoms with van der Waals surface area (Å²) in [6, 6.07) is 3.59. The van der Waals surface area contributed by atoms with Crippen LogP contribution in [0, 0.1) is 13.8 Å². The number of rotatable bonds is 1. The van der Waals surface area contributed by atoms with Gasteiger partial charge in [0.2, 0.25) is 5.91 Å². The largest absolute Gasteiger partial charge is 0.398 e. The highest BCUT2D eigenvalue weighted by molar-refractivity contribution is 5.99. The van der Waals surface area contributed by atoms with Gasteiger partial charge in [-0.3, -0.25) is 9.59 Å². The standard InChI is InChI=1S/C13H17N3O2/c1-8-5-9(2)11(14)6-10(8)13(18)16-4-3-15-12(17)7-16/h5-6H,3-4,7,14H2,1-2H3,(H,15,17). The van der Waals surface area contributed by atoms with Crippen molar-refractivity contribution in [2.24, 2.45) is 0 Å². The summed E-state index contributed by atoms with van der Waals surface area (Å²) in [5, 5.41) is 2.70. The van der Waals surface area contributed by atoms with Gasteiger partial charge in [-0.15, -0.1) is 0 Å². The van der Waals surface area contributed by atoms with Crippen molar-refractivity contribution in [2.45, 2.75) is 13.8 Å². The fraction of sp³-hybridized carbons (Fsp3) is 0.385. The SMILES string of the molecule is Cc1cc(C)c(C(=O)N2CCNC(=O)C2)cc1N. The molecule has 18 heavy (non-hydrogen) atoms. The zero-order valence-electron chi connectivity index (χ0n) is 10.6. The van der Waals surface area contributed by atoms with Crippen LogP contribution in [0.3, 0.4) is 0 Å². The summed E-state index contributed by atoms with van der Waals surface area (Å²) < 4.78 is 0. The molecule has 1 saturated heterocycles. The maximum absolute atomic E-state index is 12.3. The number of carbonyl (C=O) groups excluding carboxylic acids is 2. The van der Waals surface area contributed by atoms with E-state index in [-0.39, 0.29) is 18.4 Å². The molecule has 5 nitrogen and oxygen atoms in total. The lowest BCUT2D eigenvalue weighted by Crippen LogP contribution is -2.50. The normalized spacial score (nSPS) is 15.4. The summed E-state index contributed by atoms with van der Waals surface area (Å²) >= 11 is 0. The fourth-order valence-corrected chi connectivity index (χ4v) is 2.08. The third-order valence-electron chi connectivity index (χ3n) is 3.17. The number of nitrogens with one attached hydrogen (secondary N) is 1. The van der Waals surface area contributed by atoms with E-state index >= 15 is 0 Å². The van der Waals surface area contributed by atoms with Gasteiger partial charge in [-0.2, -0.15) is 0 Å². The van der Waals surface area contributed by atoms with Crippen LogP contribution in [0.4, 0.5) is 5.69 Å². The average Bonchev–Trinajstić information content (AvgIpc) is 2.33. The lowest BCUT2D eigenvalue weighted by Gasteiger charge is -2.27. The van der Waals surface area contributed by atoms with Gasteiger partial charge < -0.3 is 16.0 Å². The van der Waals surface area contributed by atoms with E-state index < -0.39 is 0 Å². The number of anilines is 1. The Morgan fingerprint density at radius 1 is 1.33 bits per heavy atom. The number of amides is 2. The molecule has 0 radical (unpaired) electrons. The van der Waals surface area contributed by atoms with Crippen LogP contribution in [0.15, 0.2) is 12.1 Å². The summed E-state index contributed by atoms with van der Waals surface area (Å²) in [5.74, 6) is -0.249.